The topological polar surface area (TPSA) is 119 Å². The fourth-order valence-corrected chi connectivity index (χ4v) is 7.19. The zero-order chi connectivity index (χ0) is 25.7. The number of carboxylic acid groups (broad SMARTS) is 1. The molecule has 8 nitrogen and oxygen atoms in total. The number of nitrogens with zero attached hydrogens (tertiary/aromatic N) is 1. The van der Waals surface area contributed by atoms with Gasteiger partial charge in [0.2, 0.25) is 5.60 Å². The van der Waals surface area contributed by atoms with E-state index in [0.29, 0.717) is 34.0 Å². The highest BCUT2D eigenvalue weighted by molar-refractivity contribution is 7.12. The van der Waals surface area contributed by atoms with Gasteiger partial charge in [-0.15, -0.1) is 22.7 Å². The van der Waals surface area contributed by atoms with E-state index < -0.39 is 23.3 Å². The van der Waals surface area contributed by atoms with Gasteiger partial charge < -0.3 is 29.3 Å². The van der Waals surface area contributed by atoms with Crippen LogP contribution in [0.4, 0.5) is 0 Å². The van der Waals surface area contributed by atoms with Gasteiger partial charge in [-0.25, -0.2) is 9.59 Å². The Morgan fingerprint density at radius 3 is 2.00 bits per heavy atom. The Balaban J connectivity index is 0.000000226. The van der Waals surface area contributed by atoms with Gasteiger partial charge in [0.15, 0.2) is 0 Å². The molecule has 0 radical (unpaired) electrons. The summed E-state index contributed by atoms with van der Waals surface area (Å²) in [5.41, 5.74) is -1.90. The standard InChI is InChI=1S/C19H22NO4S2.C7H6O3/c1-20(2)12-9-11(10-13(20)17-16(12)24-17)23-18(21)19(22,14-5-3-7-25-14)15-6-4-8-26-15;8-6-4-2-1-3-5(6)7(9)10/h3-8,11-13,16-17,22H,9-10H2,1-2H3;1-4,8H,(H,9,10)/q+1;/p-1/t11?,12-,13-,16-,17+;/m1./s1. The SMILES string of the molecule is C[N+]1(C)[C@@H]2CC(OC(=O)C(O)(c3cccs3)c3cccs3)C[C@@H]1[C@H]1O[C@H]12.O=C(O)c1ccccc1[O-]. The number of carboxylic acids is 1. The quantitative estimate of drug-likeness (QED) is 0.296. The maximum absolute atomic E-state index is 13.1. The van der Waals surface area contributed by atoms with Crippen LogP contribution in [0.1, 0.15) is 33.0 Å². The Morgan fingerprint density at radius 1 is 1.00 bits per heavy atom. The second-order valence-corrected chi connectivity index (χ2v) is 11.7. The minimum atomic E-state index is -1.72. The minimum Gasteiger partial charge on any atom is -0.872 e. The summed E-state index contributed by atoms with van der Waals surface area (Å²) in [7, 11) is 4.49. The Hall–Kier alpha value is -2.76. The van der Waals surface area contributed by atoms with E-state index in [0.717, 1.165) is 17.3 Å². The van der Waals surface area contributed by atoms with Crippen molar-refractivity contribution in [1.29, 1.82) is 0 Å². The number of benzene rings is 1. The molecule has 3 fully saturated rings. The van der Waals surface area contributed by atoms with E-state index >= 15 is 0 Å². The van der Waals surface area contributed by atoms with E-state index in [4.69, 9.17) is 14.6 Å². The molecule has 190 valence electrons. The maximum Gasteiger partial charge on any atom is 0.349 e. The van der Waals surface area contributed by atoms with Gasteiger partial charge in [-0.2, -0.15) is 0 Å². The first-order valence-electron chi connectivity index (χ1n) is 11.6. The predicted octanol–water partition coefficient (Wildman–Crippen LogP) is 2.80. The number of piperidine rings is 1. The molecule has 36 heavy (non-hydrogen) atoms. The van der Waals surface area contributed by atoms with Gasteiger partial charge in [-0.3, -0.25) is 0 Å². The third-order valence-electron chi connectivity index (χ3n) is 7.48. The van der Waals surface area contributed by atoms with Gasteiger partial charge in [-0.1, -0.05) is 36.1 Å². The van der Waals surface area contributed by atoms with Crippen LogP contribution in [-0.2, 0) is 19.9 Å². The third kappa shape index (κ3) is 4.22. The number of likely N-dealkylation sites (N-methyl/N-ethyl adjacent to an activating group) is 1. The van der Waals surface area contributed by atoms with Crippen LogP contribution >= 0.6 is 22.7 Å². The molecule has 0 spiro atoms. The van der Waals surface area contributed by atoms with Gasteiger partial charge >= 0.3 is 11.9 Å². The fourth-order valence-electron chi connectivity index (χ4n) is 5.47. The Morgan fingerprint density at radius 2 is 1.56 bits per heavy atom. The van der Waals surface area contributed by atoms with Crippen LogP contribution in [0.5, 0.6) is 5.75 Å². The molecule has 0 amide bonds. The summed E-state index contributed by atoms with van der Waals surface area (Å²) in [5.74, 6) is -2.19. The van der Waals surface area contributed by atoms with Crippen LogP contribution in [0.15, 0.2) is 59.3 Å². The maximum atomic E-state index is 13.1. The van der Waals surface area contributed by atoms with Gasteiger partial charge in [0.25, 0.3) is 0 Å². The number of para-hydroxylation sites is 1. The smallest absolute Gasteiger partial charge is 0.349 e. The predicted molar refractivity (Wildman–Crippen MR) is 132 cm³/mol. The van der Waals surface area contributed by atoms with Crippen LogP contribution in [-0.4, -0.2) is 71.1 Å². The van der Waals surface area contributed by atoms with Crippen LogP contribution in [0.3, 0.4) is 0 Å². The van der Waals surface area contributed by atoms with E-state index in [1.165, 1.54) is 46.9 Å². The number of epoxide rings is 1. The zero-order valence-corrected chi connectivity index (χ0v) is 21.4. The number of thiophene rings is 2. The number of carbonyl (C=O) groups excluding carboxylic acids is 1. The van der Waals surface area contributed by atoms with Gasteiger partial charge in [-0.05, 0) is 29.0 Å². The average molecular weight is 530 g/mol. The molecule has 0 saturated carbocycles. The molecule has 5 atom stereocenters. The largest absolute Gasteiger partial charge is 0.872 e. The molecule has 1 unspecified atom stereocenters. The number of carbonyl (C=O) groups is 2. The van der Waals surface area contributed by atoms with Crippen molar-refractivity contribution < 1.29 is 38.9 Å². The number of rotatable bonds is 5. The van der Waals surface area contributed by atoms with Gasteiger partial charge in [0, 0.05) is 12.8 Å². The number of aliphatic hydroxyl groups is 1. The summed E-state index contributed by atoms with van der Waals surface area (Å²) in [6.45, 7) is 0. The summed E-state index contributed by atoms with van der Waals surface area (Å²) < 4.78 is 12.6. The number of quaternary nitrogens is 1. The molecule has 2 N–H and O–H groups in total. The molecule has 2 bridgehead atoms. The van der Waals surface area contributed by atoms with Crippen molar-refractivity contribution >= 4 is 34.6 Å². The number of hydrogen-bond donors (Lipinski definition) is 2. The number of esters is 1. The molecule has 1 aromatic carbocycles. The van der Waals surface area contributed by atoms with Crippen molar-refractivity contribution in [2.45, 2.75) is 48.8 Å². The van der Waals surface area contributed by atoms with E-state index in [1.807, 2.05) is 22.9 Å². The Labute approximate surface area is 216 Å². The van der Waals surface area contributed by atoms with Crippen LogP contribution in [0, 0.1) is 0 Å². The molecule has 3 aromatic rings. The zero-order valence-electron chi connectivity index (χ0n) is 19.8. The van der Waals surface area contributed by atoms with Crippen LogP contribution in [0.25, 0.3) is 0 Å². The molecule has 6 rings (SSSR count). The summed E-state index contributed by atoms with van der Waals surface area (Å²) >= 11 is 2.74. The lowest BCUT2D eigenvalue weighted by Crippen LogP contribution is -2.60. The highest BCUT2D eigenvalue weighted by Gasteiger charge is 2.71. The normalized spacial score (nSPS) is 27.4. The molecule has 0 aliphatic carbocycles. The average Bonchev–Trinajstić information content (AvgIpc) is 3.18. The lowest BCUT2D eigenvalue weighted by molar-refractivity contribution is -0.938. The van der Waals surface area contributed by atoms with Crippen molar-refractivity contribution in [3.8, 4) is 5.75 Å². The highest BCUT2D eigenvalue weighted by Crippen LogP contribution is 2.52. The van der Waals surface area contributed by atoms with Gasteiger partial charge in [0.05, 0.1) is 29.4 Å². The molecular weight excluding hydrogens is 502 g/mol. The molecule has 2 aromatic heterocycles. The molecule has 3 aliphatic rings. The second-order valence-electron chi connectivity index (χ2n) is 9.79. The van der Waals surface area contributed by atoms with E-state index in [1.54, 1.807) is 12.1 Å². The van der Waals surface area contributed by atoms with Crippen molar-refractivity contribution in [2.75, 3.05) is 14.1 Å². The Bertz CT molecular complexity index is 1190. The van der Waals surface area contributed by atoms with Crippen LogP contribution in [0.2, 0.25) is 0 Å². The first-order valence-corrected chi connectivity index (χ1v) is 13.4. The number of morpholine rings is 1. The molecular formula is C26H27NO7S2. The summed E-state index contributed by atoms with van der Waals surface area (Å²) in [6.07, 6.45) is 2.05. The lowest BCUT2D eigenvalue weighted by atomic mass is 9.95. The lowest BCUT2D eigenvalue weighted by Gasteiger charge is -2.45. The van der Waals surface area contributed by atoms with E-state index in [2.05, 4.69) is 14.1 Å². The number of ether oxygens (including phenoxy) is 2. The first kappa shape index (κ1) is 24.9. The molecule has 3 saturated heterocycles. The van der Waals surface area contributed by atoms with Crippen molar-refractivity contribution in [1.82, 2.24) is 0 Å². The van der Waals surface area contributed by atoms with Crippen molar-refractivity contribution in [2.24, 2.45) is 0 Å². The van der Waals surface area contributed by atoms with Crippen molar-refractivity contribution in [3.63, 3.8) is 0 Å². The third-order valence-corrected chi connectivity index (χ3v) is 9.44. The summed E-state index contributed by atoms with van der Waals surface area (Å²) in [5, 5.41) is 34.1. The van der Waals surface area contributed by atoms with E-state index in [-0.39, 0.29) is 11.7 Å². The molecule has 3 aliphatic heterocycles. The highest BCUT2D eigenvalue weighted by atomic mass is 32.1. The number of hydrogen-bond acceptors (Lipinski definition) is 8. The molecule has 10 heteroatoms. The monoisotopic (exact) mass is 529 g/mol. The fraction of sp³-hybridized carbons (Fsp3) is 0.385. The summed E-state index contributed by atoms with van der Waals surface area (Å²) in [4.78, 5) is 24.5. The summed E-state index contributed by atoms with van der Waals surface area (Å²) in [6, 6.07) is 13.5. The number of fused-ring (bicyclic) bond motifs is 5. The Kier molecular flexibility index (Phi) is 6.42. The van der Waals surface area contributed by atoms with Crippen LogP contribution < -0.4 is 5.11 Å². The molecule has 5 heterocycles. The first-order chi connectivity index (χ1) is 17.1. The number of aromatic carboxylic acids is 1. The van der Waals surface area contributed by atoms with E-state index in [9.17, 15) is 19.8 Å². The second kappa shape index (κ2) is 9.28. The van der Waals surface area contributed by atoms with Crippen molar-refractivity contribution in [3.05, 3.63) is 74.6 Å². The minimum absolute atomic E-state index is 0.161. The van der Waals surface area contributed by atoms with Gasteiger partial charge in [0.1, 0.15) is 30.4 Å².